The van der Waals surface area contributed by atoms with Crippen molar-refractivity contribution in [2.45, 2.75) is 13.8 Å². The zero-order chi connectivity index (χ0) is 18.5. The molecule has 0 aliphatic carbocycles. The van der Waals surface area contributed by atoms with Crippen molar-refractivity contribution < 1.29 is 14.3 Å². The summed E-state index contributed by atoms with van der Waals surface area (Å²) in [4.78, 5) is 31.2. The summed E-state index contributed by atoms with van der Waals surface area (Å²) in [5.41, 5.74) is 5.60. The molecule has 7 heteroatoms. The molecule has 2 aromatic heterocycles. The summed E-state index contributed by atoms with van der Waals surface area (Å²) in [5, 5.41) is 4.83. The molecular formula is C19H18N4O3. The largest absolute Gasteiger partial charge is 0.461 e. The van der Waals surface area contributed by atoms with Crippen LogP contribution in [0, 0.1) is 6.92 Å². The number of hydrogen-bond acceptors (Lipinski definition) is 5. The summed E-state index contributed by atoms with van der Waals surface area (Å²) < 4.78 is 5.10. The van der Waals surface area contributed by atoms with Crippen molar-refractivity contribution in [2.24, 2.45) is 5.10 Å². The van der Waals surface area contributed by atoms with Crippen molar-refractivity contribution in [1.29, 1.82) is 0 Å². The highest BCUT2D eigenvalue weighted by atomic mass is 16.5. The lowest BCUT2D eigenvalue weighted by Crippen LogP contribution is -2.17. The number of hydrogen-bond donors (Lipinski definition) is 2. The molecule has 2 N–H and O–H groups in total. The van der Waals surface area contributed by atoms with Crippen LogP contribution < -0.4 is 5.43 Å². The predicted molar refractivity (Wildman–Crippen MR) is 98.3 cm³/mol. The Labute approximate surface area is 150 Å². The zero-order valence-electron chi connectivity index (χ0n) is 14.4. The van der Waals surface area contributed by atoms with Gasteiger partial charge in [0, 0.05) is 34.4 Å². The number of nitrogens with one attached hydrogen (secondary N) is 2. The highest BCUT2D eigenvalue weighted by Gasteiger charge is 2.18. The van der Waals surface area contributed by atoms with Gasteiger partial charge in [-0.15, -0.1) is 0 Å². The second-order valence-electron chi connectivity index (χ2n) is 5.62. The molecule has 0 radical (unpaired) electrons. The Morgan fingerprint density at radius 1 is 1.27 bits per heavy atom. The Morgan fingerprint density at radius 2 is 2.04 bits per heavy atom. The quantitative estimate of drug-likeness (QED) is 0.420. The van der Waals surface area contributed by atoms with E-state index in [1.807, 2.05) is 25.1 Å². The van der Waals surface area contributed by atoms with Gasteiger partial charge in [-0.25, -0.2) is 10.2 Å². The number of rotatable bonds is 5. The normalized spacial score (nSPS) is 11.0. The van der Waals surface area contributed by atoms with Crippen molar-refractivity contribution in [3.8, 4) is 0 Å². The van der Waals surface area contributed by atoms with Crippen molar-refractivity contribution in [3.05, 3.63) is 65.1 Å². The average Bonchev–Trinajstić information content (AvgIpc) is 3.00. The van der Waals surface area contributed by atoms with E-state index in [1.165, 1.54) is 18.6 Å². The monoisotopic (exact) mass is 350 g/mol. The maximum Gasteiger partial charge on any atom is 0.355 e. The first kappa shape index (κ1) is 17.3. The maximum atomic E-state index is 12.2. The molecule has 0 bridgehead atoms. The van der Waals surface area contributed by atoms with E-state index >= 15 is 0 Å². The van der Waals surface area contributed by atoms with Gasteiger partial charge in [-0.05, 0) is 38.1 Å². The number of H-pyrrole nitrogens is 1. The molecule has 0 unspecified atom stereocenters. The Kier molecular flexibility index (Phi) is 5.07. The summed E-state index contributed by atoms with van der Waals surface area (Å²) in [5.74, 6) is -0.833. The number of amides is 1. The van der Waals surface area contributed by atoms with Crippen molar-refractivity contribution in [2.75, 3.05) is 6.61 Å². The fourth-order valence-electron chi connectivity index (χ4n) is 2.55. The molecule has 1 amide bonds. The van der Waals surface area contributed by atoms with Crippen LogP contribution in [0.15, 0.2) is 47.8 Å². The summed E-state index contributed by atoms with van der Waals surface area (Å²) in [6.45, 7) is 3.97. The van der Waals surface area contributed by atoms with Gasteiger partial charge in [-0.1, -0.05) is 11.6 Å². The number of benzene rings is 1. The van der Waals surface area contributed by atoms with E-state index in [0.29, 0.717) is 16.8 Å². The summed E-state index contributed by atoms with van der Waals surface area (Å²) in [6.07, 6.45) is 4.50. The van der Waals surface area contributed by atoms with Crippen LogP contribution in [-0.4, -0.2) is 34.7 Å². The Bertz CT molecular complexity index is 977. The number of ether oxygens (including phenoxy) is 1. The van der Waals surface area contributed by atoms with E-state index in [0.717, 1.165) is 16.5 Å². The van der Waals surface area contributed by atoms with Gasteiger partial charge in [0.25, 0.3) is 5.91 Å². The molecule has 0 aliphatic heterocycles. The minimum absolute atomic E-state index is 0.266. The van der Waals surface area contributed by atoms with Gasteiger partial charge >= 0.3 is 5.97 Å². The fraction of sp³-hybridized carbons (Fsp3) is 0.158. The lowest BCUT2D eigenvalue weighted by Gasteiger charge is -2.01. The Balaban J connectivity index is 1.92. The molecule has 0 atom stereocenters. The molecule has 0 saturated heterocycles. The topological polar surface area (TPSA) is 96.4 Å². The number of esters is 1. The van der Waals surface area contributed by atoms with Gasteiger partial charge < -0.3 is 9.72 Å². The molecule has 0 saturated carbocycles. The average molecular weight is 350 g/mol. The van der Waals surface area contributed by atoms with Gasteiger partial charge in [0.05, 0.1) is 12.8 Å². The second-order valence-corrected chi connectivity index (χ2v) is 5.62. The van der Waals surface area contributed by atoms with Crippen molar-refractivity contribution >= 4 is 29.0 Å². The van der Waals surface area contributed by atoms with Crippen LogP contribution in [0.4, 0.5) is 0 Å². The minimum Gasteiger partial charge on any atom is -0.461 e. The van der Waals surface area contributed by atoms with Crippen molar-refractivity contribution in [3.63, 3.8) is 0 Å². The molecule has 132 valence electrons. The SMILES string of the molecule is CCOC(=O)c1[nH]c2ccc(C)cc2c1/C=N\NC(=O)c1ccncc1. The molecular weight excluding hydrogens is 332 g/mol. The third-order valence-corrected chi connectivity index (χ3v) is 3.78. The van der Waals surface area contributed by atoms with Gasteiger partial charge in [0.15, 0.2) is 0 Å². The van der Waals surface area contributed by atoms with E-state index in [9.17, 15) is 9.59 Å². The smallest absolute Gasteiger partial charge is 0.355 e. The summed E-state index contributed by atoms with van der Waals surface area (Å²) >= 11 is 0. The van der Waals surface area contributed by atoms with Crippen LogP contribution in [-0.2, 0) is 4.74 Å². The predicted octanol–water partition coefficient (Wildman–Crippen LogP) is 2.81. The lowest BCUT2D eigenvalue weighted by atomic mass is 10.1. The number of fused-ring (bicyclic) bond motifs is 1. The molecule has 2 heterocycles. The van der Waals surface area contributed by atoms with E-state index in [4.69, 9.17) is 4.74 Å². The number of aromatic amines is 1. The maximum absolute atomic E-state index is 12.2. The van der Waals surface area contributed by atoms with E-state index < -0.39 is 5.97 Å². The highest BCUT2D eigenvalue weighted by molar-refractivity contribution is 6.09. The van der Waals surface area contributed by atoms with Gasteiger partial charge in [-0.3, -0.25) is 9.78 Å². The zero-order valence-corrected chi connectivity index (χ0v) is 14.4. The van der Waals surface area contributed by atoms with E-state index in [1.54, 1.807) is 19.1 Å². The lowest BCUT2D eigenvalue weighted by molar-refractivity contribution is 0.0520. The Hall–Kier alpha value is -3.48. The number of nitrogens with zero attached hydrogens (tertiary/aromatic N) is 2. The van der Waals surface area contributed by atoms with Crippen LogP contribution in [0.2, 0.25) is 0 Å². The van der Waals surface area contributed by atoms with E-state index in [-0.39, 0.29) is 12.5 Å². The Morgan fingerprint density at radius 3 is 2.77 bits per heavy atom. The number of carbonyl (C=O) groups excluding carboxylic acids is 2. The number of pyridine rings is 1. The molecule has 0 spiro atoms. The first-order chi connectivity index (χ1) is 12.6. The number of aromatic nitrogens is 2. The first-order valence-corrected chi connectivity index (χ1v) is 8.13. The van der Waals surface area contributed by atoms with Gasteiger partial charge in [0.1, 0.15) is 5.69 Å². The van der Waals surface area contributed by atoms with E-state index in [2.05, 4.69) is 20.5 Å². The standard InChI is InChI=1S/C19H18N4O3/c1-3-26-19(25)17-15(14-10-12(2)4-5-16(14)22-17)11-21-23-18(24)13-6-8-20-9-7-13/h4-11,22H,3H2,1-2H3,(H,23,24)/b21-11-. The van der Waals surface area contributed by atoms with Crippen LogP contribution in [0.1, 0.15) is 38.9 Å². The van der Waals surface area contributed by atoms with Crippen molar-refractivity contribution in [1.82, 2.24) is 15.4 Å². The van der Waals surface area contributed by atoms with Gasteiger partial charge in [0.2, 0.25) is 0 Å². The minimum atomic E-state index is -0.469. The van der Waals surface area contributed by atoms with Crippen LogP contribution in [0.25, 0.3) is 10.9 Å². The molecule has 3 rings (SSSR count). The first-order valence-electron chi connectivity index (χ1n) is 8.13. The number of hydrazone groups is 1. The molecule has 1 aromatic carbocycles. The third-order valence-electron chi connectivity index (χ3n) is 3.78. The third kappa shape index (κ3) is 3.61. The number of carbonyl (C=O) groups is 2. The molecule has 26 heavy (non-hydrogen) atoms. The number of aryl methyl sites for hydroxylation is 1. The highest BCUT2D eigenvalue weighted by Crippen LogP contribution is 2.23. The molecule has 3 aromatic rings. The second kappa shape index (κ2) is 7.60. The van der Waals surface area contributed by atoms with Gasteiger partial charge in [-0.2, -0.15) is 5.10 Å². The van der Waals surface area contributed by atoms with Crippen LogP contribution >= 0.6 is 0 Å². The van der Waals surface area contributed by atoms with Crippen LogP contribution in [0.5, 0.6) is 0 Å². The van der Waals surface area contributed by atoms with Crippen LogP contribution in [0.3, 0.4) is 0 Å². The molecule has 0 fully saturated rings. The fourth-order valence-corrected chi connectivity index (χ4v) is 2.55. The summed E-state index contributed by atoms with van der Waals surface area (Å²) in [7, 11) is 0. The molecule has 7 nitrogen and oxygen atoms in total. The molecule has 0 aliphatic rings. The summed E-state index contributed by atoms with van der Waals surface area (Å²) in [6, 6.07) is 8.95.